The van der Waals surface area contributed by atoms with Crippen molar-refractivity contribution in [3.05, 3.63) is 181 Å². The molecule has 10 aromatic rings. The number of furan rings is 1. The van der Waals surface area contributed by atoms with E-state index in [0.29, 0.717) is 0 Å². The molecular formula is C48H30O. The largest absolute Gasteiger partial charge is 0.456 e. The van der Waals surface area contributed by atoms with E-state index in [1.807, 2.05) is 0 Å². The van der Waals surface area contributed by atoms with Gasteiger partial charge < -0.3 is 4.42 Å². The van der Waals surface area contributed by atoms with E-state index in [1.54, 1.807) is 0 Å². The Morgan fingerprint density at radius 2 is 0.816 bits per heavy atom. The maximum absolute atomic E-state index is 9.85. The Kier molecular flexibility index (Phi) is 2.50. The van der Waals surface area contributed by atoms with Gasteiger partial charge in [0.2, 0.25) is 0 Å². The quantitative estimate of drug-likeness (QED) is 0.172. The van der Waals surface area contributed by atoms with Gasteiger partial charge in [0, 0.05) is 10.8 Å². The molecule has 0 aliphatic rings. The molecule has 1 heteroatoms. The van der Waals surface area contributed by atoms with Crippen molar-refractivity contribution in [3.8, 4) is 44.5 Å². The second kappa shape index (κ2) is 11.1. The number of hydrogen-bond acceptors (Lipinski definition) is 1. The molecule has 0 radical (unpaired) electrons. The second-order valence-corrected chi connectivity index (χ2v) is 10.5. The van der Waals surface area contributed by atoms with Gasteiger partial charge in [0.1, 0.15) is 11.2 Å². The Labute approximate surface area is 326 Å². The molecule has 0 fully saturated rings. The van der Waals surface area contributed by atoms with E-state index in [1.165, 1.54) is 0 Å². The first-order chi connectivity index (χ1) is 36.8. The second-order valence-electron chi connectivity index (χ2n) is 10.5. The van der Waals surface area contributed by atoms with Gasteiger partial charge in [-0.1, -0.05) is 145 Å². The van der Waals surface area contributed by atoms with Crippen LogP contribution in [0.15, 0.2) is 186 Å². The number of benzene rings is 9. The van der Waals surface area contributed by atoms with Crippen molar-refractivity contribution in [1.82, 2.24) is 0 Å². The minimum Gasteiger partial charge on any atom is -0.456 e. The molecule has 0 saturated heterocycles. The third-order valence-corrected chi connectivity index (χ3v) is 7.76. The van der Waals surface area contributed by atoms with Crippen LogP contribution in [0.3, 0.4) is 0 Å². The molecule has 0 aliphatic heterocycles. The molecular weight excluding hydrogens is 593 g/mol. The van der Waals surface area contributed by atoms with Crippen LogP contribution in [0, 0.1) is 0 Å². The first-order valence-electron chi connectivity index (χ1n) is 29.4. The lowest BCUT2D eigenvalue weighted by atomic mass is 9.85. The standard InChI is InChI=1S/C48H30O/c1-2-11-31(12-3-1)36-23-25-39-44-29-38(24-26-45(44)49-46(39)30-36)48-42-19-8-6-17-40(42)47(41-18-7-9-20-43(41)48)37-16-10-15-34(28-37)35-22-21-32-13-4-5-14-33(32)27-35/h1-30H/i1D,2D,3D,4D,5D,6D,7D,8D,9D,10D,11D,12D,13D,14D,15D,16D,17D,18D,19D,20D,21D,22D,23D,24D,25D,26D,27D,28D,29D,30D. The summed E-state index contributed by atoms with van der Waals surface area (Å²) in [5.41, 5.74) is -7.74. The highest BCUT2D eigenvalue weighted by Crippen LogP contribution is 2.45. The summed E-state index contributed by atoms with van der Waals surface area (Å²) in [7, 11) is 0. The first-order valence-corrected chi connectivity index (χ1v) is 14.4. The average molecular weight is 653 g/mol. The van der Waals surface area contributed by atoms with Crippen molar-refractivity contribution in [2.75, 3.05) is 0 Å². The molecule has 9 aromatic carbocycles. The van der Waals surface area contributed by atoms with Gasteiger partial charge in [-0.15, -0.1) is 0 Å². The van der Waals surface area contributed by atoms with E-state index in [4.69, 9.17) is 29.1 Å². The van der Waals surface area contributed by atoms with E-state index in [0.717, 1.165) is 0 Å². The molecule has 0 aliphatic carbocycles. The van der Waals surface area contributed by atoms with Crippen molar-refractivity contribution in [1.29, 1.82) is 0 Å². The summed E-state index contributed by atoms with van der Waals surface area (Å²) in [6, 6.07) is -28.6. The van der Waals surface area contributed by atoms with Crippen LogP contribution in [0.2, 0.25) is 0 Å². The fraction of sp³-hybridized carbons (Fsp3) is 0. The van der Waals surface area contributed by atoms with Crippen LogP contribution in [0.4, 0.5) is 0 Å². The highest BCUT2D eigenvalue weighted by atomic mass is 16.3. The Balaban J connectivity index is 1.44. The third kappa shape index (κ3) is 4.55. The number of rotatable bonds is 4. The van der Waals surface area contributed by atoms with Crippen LogP contribution < -0.4 is 0 Å². The van der Waals surface area contributed by atoms with Crippen molar-refractivity contribution in [2.24, 2.45) is 0 Å². The van der Waals surface area contributed by atoms with Gasteiger partial charge in [-0.3, -0.25) is 0 Å². The molecule has 0 atom stereocenters. The molecule has 10 rings (SSSR count). The summed E-state index contributed by atoms with van der Waals surface area (Å²) in [6.45, 7) is 0. The molecule has 0 bridgehead atoms. The molecule has 0 saturated carbocycles. The van der Waals surface area contributed by atoms with Crippen LogP contribution in [-0.4, -0.2) is 0 Å². The number of fused-ring (bicyclic) bond motifs is 6. The van der Waals surface area contributed by atoms with Gasteiger partial charge in [0.15, 0.2) is 0 Å². The summed E-state index contributed by atoms with van der Waals surface area (Å²) < 4.78 is 275. The third-order valence-electron chi connectivity index (χ3n) is 7.76. The number of hydrogen-bond donors (Lipinski definition) is 0. The van der Waals surface area contributed by atoms with Crippen molar-refractivity contribution in [3.63, 3.8) is 0 Å². The van der Waals surface area contributed by atoms with Crippen molar-refractivity contribution in [2.45, 2.75) is 0 Å². The van der Waals surface area contributed by atoms with Crippen LogP contribution in [0.25, 0.3) is 98.8 Å². The van der Waals surface area contributed by atoms with E-state index in [-0.39, 0.29) is 0 Å². The molecule has 0 amide bonds. The monoisotopic (exact) mass is 652 g/mol. The van der Waals surface area contributed by atoms with Crippen molar-refractivity contribution >= 4 is 54.3 Å². The average Bonchev–Trinajstić information content (AvgIpc) is 4.01. The molecule has 49 heavy (non-hydrogen) atoms. The zero-order valence-corrected chi connectivity index (χ0v) is 24.4. The van der Waals surface area contributed by atoms with Gasteiger partial charge in [0.05, 0.1) is 41.1 Å². The van der Waals surface area contributed by atoms with Gasteiger partial charge in [-0.05, 0) is 113 Å². The maximum Gasteiger partial charge on any atom is 0.136 e. The normalized spacial score (nSPS) is 20.2. The van der Waals surface area contributed by atoms with Crippen LogP contribution >= 0.6 is 0 Å². The fourth-order valence-electron chi connectivity index (χ4n) is 5.64. The van der Waals surface area contributed by atoms with E-state index >= 15 is 0 Å². The Morgan fingerprint density at radius 1 is 0.286 bits per heavy atom. The van der Waals surface area contributed by atoms with Gasteiger partial charge in [-0.2, -0.15) is 0 Å². The molecule has 0 spiro atoms. The lowest BCUT2D eigenvalue weighted by Gasteiger charge is -2.18. The Bertz CT molecular complexity index is 4490. The van der Waals surface area contributed by atoms with Crippen molar-refractivity contribution < 1.29 is 45.5 Å². The molecule has 228 valence electrons. The highest BCUT2D eigenvalue weighted by molar-refractivity contribution is 6.22. The van der Waals surface area contributed by atoms with E-state index in [9.17, 15) is 16.4 Å². The van der Waals surface area contributed by atoms with Crippen LogP contribution in [0.5, 0.6) is 0 Å². The van der Waals surface area contributed by atoms with Gasteiger partial charge in [0.25, 0.3) is 0 Å². The minimum atomic E-state index is -1.10. The zero-order chi connectivity index (χ0) is 58.4. The van der Waals surface area contributed by atoms with Crippen LogP contribution in [-0.2, 0) is 0 Å². The fourth-order valence-corrected chi connectivity index (χ4v) is 5.64. The van der Waals surface area contributed by atoms with E-state index in [2.05, 4.69) is 0 Å². The molecule has 0 unspecified atom stereocenters. The highest BCUT2D eigenvalue weighted by Gasteiger charge is 2.18. The SMILES string of the molecule is [2H]c1c([2H])c([2H])c(-c2c([2H])c([2H])c3c(oc4c([2H])c([2H])c(-c5c6c([2H])c([2H])c([2H])c([2H])c6c(-c6c([2H])c([2H])c([2H])c(-c7c([2H])c([2H])c8c([2H])c([2H])c([2H])c([2H])c8c7[2H])c6[2H])c6c([2H])c([2H])c([2H])c([2H])c56)c([2H])c43)c2[2H])c([2H])c1[2H]. The van der Waals surface area contributed by atoms with E-state index < -0.39 is 280 Å². The summed E-state index contributed by atoms with van der Waals surface area (Å²) in [6.07, 6.45) is 0. The minimum absolute atomic E-state index is 0.568. The topological polar surface area (TPSA) is 13.1 Å². The molecule has 1 nitrogen and oxygen atoms in total. The zero-order valence-electron chi connectivity index (χ0n) is 54.4. The first kappa shape index (κ1) is 11.1. The summed E-state index contributed by atoms with van der Waals surface area (Å²) in [4.78, 5) is 0. The summed E-state index contributed by atoms with van der Waals surface area (Å²) in [5.74, 6) is 0. The predicted molar refractivity (Wildman–Crippen MR) is 208 cm³/mol. The summed E-state index contributed by atoms with van der Waals surface area (Å²) >= 11 is 0. The smallest absolute Gasteiger partial charge is 0.136 e. The van der Waals surface area contributed by atoms with Gasteiger partial charge >= 0.3 is 0 Å². The van der Waals surface area contributed by atoms with Gasteiger partial charge in [-0.25, -0.2) is 0 Å². The molecule has 1 heterocycles. The van der Waals surface area contributed by atoms with Crippen LogP contribution in [0.1, 0.15) is 41.1 Å². The predicted octanol–water partition coefficient (Wildman–Crippen LogP) is 13.7. The lowest BCUT2D eigenvalue weighted by Crippen LogP contribution is -1.91. The maximum atomic E-state index is 9.85. The Hall–Kier alpha value is -6.44. The lowest BCUT2D eigenvalue weighted by molar-refractivity contribution is 0.669. The summed E-state index contributed by atoms with van der Waals surface area (Å²) in [5, 5.41) is -5.56. The Morgan fingerprint density at radius 3 is 1.55 bits per heavy atom. The molecule has 0 N–H and O–H groups in total. The molecule has 1 aromatic heterocycles.